The topological polar surface area (TPSA) is 46.2 Å². The van der Waals surface area contributed by atoms with Gasteiger partial charge in [0.1, 0.15) is 0 Å². The molecule has 0 saturated heterocycles. The molecule has 0 unspecified atom stereocenters. The highest BCUT2D eigenvalue weighted by Gasteiger charge is 1.86. The van der Waals surface area contributed by atoms with Gasteiger partial charge in [-0.25, -0.2) is 0 Å². The minimum atomic E-state index is 0.609. The summed E-state index contributed by atoms with van der Waals surface area (Å²) in [6.07, 6.45) is 1.82. The van der Waals surface area contributed by atoms with E-state index >= 15 is 0 Å². The van der Waals surface area contributed by atoms with Crippen molar-refractivity contribution in [2.24, 2.45) is 5.73 Å². The average molecular weight is 165 g/mol. The molecule has 0 heterocycles. The Bertz CT molecular complexity index is 216. The van der Waals surface area contributed by atoms with Crippen LogP contribution in [0.25, 0.3) is 6.08 Å². The molecule has 0 aliphatic rings. The van der Waals surface area contributed by atoms with Crippen LogP contribution in [0.5, 0.6) is 0 Å². The Morgan fingerprint density at radius 3 is 2.17 bits per heavy atom. The van der Waals surface area contributed by atoms with E-state index in [1.807, 2.05) is 30.3 Å². The SMILES string of the molecule is C=Cc1ccc(CN)cc1.CO. The van der Waals surface area contributed by atoms with Crippen LogP contribution < -0.4 is 5.73 Å². The van der Waals surface area contributed by atoms with Crippen molar-refractivity contribution in [2.75, 3.05) is 7.11 Å². The molecule has 0 atom stereocenters. The number of hydrogen-bond acceptors (Lipinski definition) is 2. The van der Waals surface area contributed by atoms with Crippen molar-refractivity contribution in [3.63, 3.8) is 0 Å². The monoisotopic (exact) mass is 165 g/mol. The molecule has 0 radical (unpaired) electrons. The van der Waals surface area contributed by atoms with Gasteiger partial charge in [0.2, 0.25) is 0 Å². The lowest BCUT2D eigenvalue weighted by atomic mass is 10.1. The summed E-state index contributed by atoms with van der Waals surface area (Å²) in [7, 11) is 1.00. The van der Waals surface area contributed by atoms with E-state index in [9.17, 15) is 0 Å². The number of aliphatic hydroxyl groups is 1. The normalized spacial score (nSPS) is 8.25. The summed E-state index contributed by atoms with van der Waals surface area (Å²) in [5.74, 6) is 0. The zero-order valence-electron chi connectivity index (χ0n) is 7.33. The molecule has 0 aliphatic carbocycles. The van der Waals surface area contributed by atoms with Gasteiger partial charge in [-0.3, -0.25) is 0 Å². The van der Waals surface area contributed by atoms with Crippen LogP contribution in [-0.4, -0.2) is 12.2 Å². The first-order chi connectivity index (χ1) is 5.86. The standard InChI is InChI=1S/C9H11N.CH4O/c1-2-8-3-5-9(7-10)6-4-8;1-2/h2-6H,1,7,10H2;2H,1H3. The lowest BCUT2D eigenvalue weighted by molar-refractivity contribution is 0.399. The van der Waals surface area contributed by atoms with Gasteiger partial charge in [0.05, 0.1) is 0 Å². The van der Waals surface area contributed by atoms with Crippen LogP contribution >= 0.6 is 0 Å². The molecule has 0 amide bonds. The zero-order chi connectivity index (χ0) is 9.40. The Balaban J connectivity index is 0.000000561. The second-order valence-corrected chi connectivity index (χ2v) is 2.15. The predicted molar refractivity (Wildman–Crippen MR) is 52.6 cm³/mol. The first-order valence-electron chi connectivity index (χ1n) is 3.73. The maximum Gasteiger partial charge on any atom is 0.0319 e. The Hall–Kier alpha value is -1.12. The quantitative estimate of drug-likeness (QED) is 0.695. The minimum absolute atomic E-state index is 0.609. The highest BCUT2D eigenvalue weighted by molar-refractivity contribution is 5.47. The van der Waals surface area contributed by atoms with Crippen molar-refractivity contribution >= 4 is 6.08 Å². The fourth-order valence-electron chi connectivity index (χ4n) is 0.790. The molecule has 1 aromatic carbocycles. The molecule has 0 aromatic heterocycles. The van der Waals surface area contributed by atoms with Gasteiger partial charge in [-0.2, -0.15) is 0 Å². The first kappa shape index (κ1) is 10.9. The van der Waals surface area contributed by atoms with Gasteiger partial charge >= 0.3 is 0 Å². The van der Waals surface area contributed by atoms with Gasteiger partial charge < -0.3 is 10.8 Å². The zero-order valence-corrected chi connectivity index (χ0v) is 7.33. The molecule has 0 aliphatic heterocycles. The van der Waals surface area contributed by atoms with Crippen molar-refractivity contribution in [1.82, 2.24) is 0 Å². The molecule has 0 saturated carbocycles. The number of aliphatic hydroxyl groups excluding tert-OH is 1. The lowest BCUT2D eigenvalue weighted by Gasteiger charge is -1.95. The van der Waals surface area contributed by atoms with Gasteiger partial charge in [-0.05, 0) is 11.1 Å². The van der Waals surface area contributed by atoms with Crippen LogP contribution in [0, 0.1) is 0 Å². The number of hydrogen-bond donors (Lipinski definition) is 2. The second-order valence-electron chi connectivity index (χ2n) is 2.15. The summed E-state index contributed by atoms with van der Waals surface area (Å²) in [4.78, 5) is 0. The van der Waals surface area contributed by atoms with E-state index < -0.39 is 0 Å². The summed E-state index contributed by atoms with van der Waals surface area (Å²) in [6, 6.07) is 8.04. The van der Waals surface area contributed by atoms with Gasteiger partial charge in [0.15, 0.2) is 0 Å². The van der Waals surface area contributed by atoms with Crippen molar-refractivity contribution in [3.8, 4) is 0 Å². The molecule has 0 fully saturated rings. The van der Waals surface area contributed by atoms with Crippen LogP contribution in [-0.2, 0) is 6.54 Å². The lowest BCUT2D eigenvalue weighted by Crippen LogP contribution is -1.94. The van der Waals surface area contributed by atoms with Crippen molar-refractivity contribution in [2.45, 2.75) is 6.54 Å². The third-order valence-electron chi connectivity index (χ3n) is 1.45. The van der Waals surface area contributed by atoms with Crippen LogP contribution in [0.2, 0.25) is 0 Å². The molecule has 12 heavy (non-hydrogen) atoms. The molecule has 3 N–H and O–H groups in total. The average Bonchev–Trinajstić information content (AvgIpc) is 2.21. The Labute approximate surface area is 73.3 Å². The number of nitrogens with two attached hydrogens (primary N) is 1. The molecule has 2 heteroatoms. The first-order valence-corrected chi connectivity index (χ1v) is 3.73. The summed E-state index contributed by atoms with van der Waals surface area (Å²) >= 11 is 0. The van der Waals surface area contributed by atoms with Crippen LogP contribution in [0.15, 0.2) is 30.8 Å². The smallest absolute Gasteiger partial charge is 0.0319 e. The Morgan fingerprint density at radius 2 is 1.83 bits per heavy atom. The molecular formula is C10H15NO. The fourth-order valence-corrected chi connectivity index (χ4v) is 0.790. The van der Waals surface area contributed by atoms with Crippen LogP contribution in [0.4, 0.5) is 0 Å². The van der Waals surface area contributed by atoms with Gasteiger partial charge in [-0.15, -0.1) is 0 Å². The molecular weight excluding hydrogens is 150 g/mol. The maximum atomic E-state index is 7.00. The molecule has 0 bridgehead atoms. The van der Waals surface area contributed by atoms with E-state index in [2.05, 4.69) is 6.58 Å². The van der Waals surface area contributed by atoms with E-state index in [0.29, 0.717) is 6.54 Å². The number of benzene rings is 1. The van der Waals surface area contributed by atoms with Crippen molar-refractivity contribution in [1.29, 1.82) is 0 Å². The van der Waals surface area contributed by atoms with E-state index in [1.165, 1.54) is 0 Å². The second kappa shape index (κ2) is 6.58. The van der Waals surface area contributed by atoms with Crippen molar-refractivity contribution in [3.05, 3.63) is 42.0 Å². The highest BCUT2D eigenvalue weighted by atomic mass is 16.2. The van der Waals surface area contributed by atoms with E-state index in [1.54, 1.807) is 0 Å². The molecule has 2 nitrogen and oxygen atoms in total. The van der Waals surface area contributed by atoms with E-state index in [4.69, 9.17) is 10.8 Å². The fraction of sp³-hybridized carbons (Fsp3) is 0.200. The third-order valence-corrected chi connectivity index (χ3v) is 1.45. The Kier molecular flexibility index (Phi) is 5.97. The van der Waals surface area contributed by atoms with E-state index in [-0.39, 0.29) is 0 Å². The molecule has 66 valence electrons. The van der Waals surface area contributed by atoms with Crippen LogP contribution in [0.3, 0.4) is 0 Å². The van der Waals surface area contributed by atoms with Crippen LogP contribution in [0.1, 0.15) is 11.1 Å². The predicted octanol–water partition coefficient (Wildman–Crippen LogP) is 1.40. The molecule has 0 spiro atoms. The summed E-state index contributed by atoms with van der Waals surface area (Å²) < 4.78 is 0. The Morgan fingerprint density at radius 1 is 1.33 bits per heavy atom. The highest BCUT2D eigenvalue weighted by Crippen LogP contribution is 2.03. The molecule has 1 rings (SSSR count). The minimum Gasteiger partial charge on any atom is -0.400 e. The summed E-state index contributed by atoms with van der Waals surface area (Å²) in [6.45, 7) is 4.26. The third kappa shape index (κ3) is 3.32. The van der Waals surface area contributed by atoms with Gasteiger partial charge in [0.25, 0.3) is 0 Å². The van der Waals surface area contributed by atoms with Gasteiger partial charge in [0, 0.05) is 13.7 Å². The largest absolute Gasteiger partial charge is 0.400 e. The van der Waals surface area contributed by atoms with Gasteiger partial charge in [-0.1, -0.05) is 36.9 Å². The summed E-state index contributed by atoms with van der Waals surface area (Å²) in [5, 5.41) is 7.00. The van der Waals surface area contributed by atoms with E-state index in [0.717, 1.165) is 18.2 Å². The maximum absolute atomic E-state index is 7.00. The van der Waals surface area contributed by atoms with Crippen molar-refractivity contribution < 1.29 is 5.11 Å². The summed E-state index contributed by atoms with van der Waals surface area (Å²) in [5.41, 5.74) is 7.71. The molecule has 1 aromatic rings. The number of rotatable bonds is 2.